The lowest BCUT2D eigenvalue weighted by Crippen LogP contribution is -2.34. The van der Waals surface area contributed by atoms with E-state index in [2.05, 4.69) is 17.4 Å². The Kier molecular flexibility index (Phi) is 4.79. The summed E-state index contributed by atoms with van der Waals surface area (Å²) >= 11 is 0. The highest BCUT2D eigenvalue weighted by molar-refractivity contribution is 5.88. The van der Waals surface area contributed by atoms with Crippen LogP contribution in [-0.2, 0) is 6.42 Å². The van der Waals surface area contributed by atoms with E-state index in [4.69, 9.17) is 4.42 Å². The Morgan fingerprint density at radius 3 is 2.71 bits per heavy atom. The van der Waals surface area contributed by atoms with Crippen molar-refractivity contribution in [2.24, 2.45) is 0 Å². The Balaban J connectivity index is 1.56. The molecule has 1 amide bonds. The molecule has 3 aromatic rings. The van der Waals surface area contributed by atoms with Gasteiger partial charge >= 0.3 is 11.8 Å². The van der Waals surface area contributed by atoms with Crippen LogP contribution in [0.1, 0.15) is 24.0 Å². The van der Waals surface area contributed by atoms with Crippen LogP contribution in [-0.4, -0.2) is 17.1 Å². The first-order valence-electron chi connectivity index (χ1n) is 8.09. The summed E-state index contributed by atoms with van der Waals surface area (Å²) < 4.78 is 6.18. The molecule has 0 unspecified atom stereocenters. The highest BCUT2D eigenvalue weighted by atomic mass is 16.4. The predicted molar refractivity (Wildman–Crippen MR) is 93.4 cm³/mol. The molecule has 1 N–H and O–H groups in total. The van der Waals surface area contributed by atoms with Crippen LogP contribution in [0.4, 0.5) is 4.79 Å². The molecule has 0 aliphatic carbocycles. The number of carbonyl (C=O) groups is 1. The quantitative estimate of drug-likeness (QED) is 0.731. The van der Waals surface area contributed by atoms with Crippen molar-refractivity contribution >= 4 is 17.1 Å². The average Bonchev–Trinajstić information content (AvgIpc) is 2.90. The molecule has 5 nitrogen and oxygen atoms in total. The minimum atomic E-state index is -0.655. The molecule has 0 fully saturated rings. The van der Waals surface area contributed by atoms with E-state index in [0.717, 1.165) is 29.4 Å². The molecule has 1 heterocycles. The third kappa shape index (κ3) is 3.56. The van der Waals surface area contributed by atoms with Crippen molar-refractivity contribution in [3.8, 4) is 0 Å². The number of unbranched alkanes of at least 4 members (excludes halogenated alkanes) is 1. The van der Waals surface area contributed by atoms with Gasteiger partial charge in [-0.05, 0) is 49.4 Å². The minimum absolute atomic E-state index is 0.430. The fourth-order valence-electron chi connectivity index (χ4n) is 2.69. The second kappa shape index (κ2) is 7.17. The van der Waals surface area contributed by atoms with E-state index in [9.17, 15) is 9.59 Å². The number of nitrogens with one attached hydrogen (secondary N) is 1. The van der Waals surface area contributed by atoms with Crippen molar-refractivity contribution in [2.45, 2.75) is 26.2 Å². The van der Waals surface area contributed by atoms with Crippen molar-refractivity contribution < 1.29 is 9.21 Å². The smallest absolute Gasteiger partial charge is 0.407 e. The topological polar surface area (TPSA) is 64.2 Å². The van der Waals surface area contributed by atoms with E-state index in [1.165, 1.54) is 5.56 Å². The SMILES string of the molecule is Cc1ccc2c(c1)oc(=O)n2C(=O)NCCCCc1ccccc1. The lowest BCUT2D eigenvalue weighted by atomic mass is 10.1. The molecular weight excluding hydrogens is 304 g/mol. The zero-order valence-corrected chi connectivity index (χ0v) is 13.6. The molecule has 124 valence electrons. The van der Waals surface area contributed by atoms with Gasteiger partial charge in [0.1, 0.15) is 0 Å². The van der Waals surface area contributed by atoms with Gasteiger partial charge in [0.15, 0.2) is 5.58 Å². The van der Waals surface area contributed by atoms with Gasteiger partial charge in [-0.3, -0.25) is 0 Å². The normalized spacial score (nSPS) is 10.9. The maximum Gasteiger partial charge on any atom is 0.428 e. The van der Waals surface area contributed by atoms with Crippen molar-refractivity contribution in [3.63, 3.8) is 0 Å². The van der Waals surface area contributed by atoms with Crippen LogP contribution in [0.5, 0.6) is 0 Å². The number of nitrogens with zero attached hydrogens (tertiary/aromatic N) is 1. The number of carbonyl (C=O) groups excluding carboxylic acids is 1. The standard InChI is InChI=1S/C19H20N2O3/c1-14-10-11-16-17(13-14)24-19(23)21(16)18(22)20-12-6-5-9-15-7-3-2-4-8-15/h2-4,7-8,10-11,13H,5-6,9,12H2,1H3,(H,20,22). The van der Waals surface area contributed by atoms with Gasteiger partial charge in [-0.1, -0.05) is 36.4 Å². The fourth-order valence-corrected chi connectivity index (χ4v) is 2.69. The van der Waals surface area contributed by atoms with Crippen LogP contribution in [0.3, 0.4) is 0 Å². The summed E-state index contributed by atoms with van der Waals surface area (Å²) in [5.41, 5.74) is 3.19. The van der Waals surface area contributed by atoms with E-state index in [0.29, 0.717) is 17.6 Å². The van der Waals surface area contributed by atoms with Gasteiger partial charge in [0.2, 0.25) is 0 Å². The van der Waals surface area contributed by atoms with Crippen LogP contribution in [0.15, 0.2) is 57.7 Å². The molecule has 1 aromatic heterocycles. The number of hydrogen-bond donors (Lipinski definition) is 1. The summed E-state index contributed by atoms with van der Waals surface area (Å²) in [5.74, 6) is -0.655. The van der Waals surface area contributed by atoms with Crippen molar-refractivity contribution in [1.82, 2.24) is 9.88 Å². The number of rotatable bonds is 5. The number of hydrogen-bond acceptors (Lipinski definition) is 3. The number of oxazole rings is 1. The third-order valence-electron chi connectivity index (χ3n) is 3.95. The Morgan fingerprint density at radius 1 is 1.12 bits per heavy atom. The molecule has 24 heavy (non-hydrogen) atoms. The van der Waals surface area contributed by atoms with E-state index in [1.807, 2.05) is 31.2 Å². The van der Waals surface area contributed by atoms with Crippen LogP contribution < -0.4 is 11.1 Å². The lowest BCUT2D eigenvalue weighted by Gasteiger charge is -2.05. The molecule has 0 atom stereocenters. The van der Waals surface area contributed by atoms with Gasteiger partial charge < -0.3 is 9.73 Å². The third-order valence-corrected chi connectivity index (χ3v) is 3.95. The highest BCUT2D eigenvalue weighted by Gasteiger charge is 2.15. The summed E-state index contributed by atoms with van der Waals surface area (Å²) in [6.07, 6.45) is 2.80. The first kappa shape index (κ1) is 16.1. The molecule has 0 aliphatic rings. The minimum Gasteiger partial charge on any atom is -0.407 e. The van der Waals surface area contributed by atoms with E-state index < -0.39 is 11.8 Å². The Bertz CT molecular complexity index is 894. The molecule has 0 saturated heterocycles. The first-order valence-corrected chi connectivity index (χ1v) is 8.09. The Hall–Kier alpha value is -2.82. The number of amides is 1. The molecule has 2 aromatic carbocycles. The Labute approximate surface area is 139 Å². The maximum atomic E-state index is 12.3. The summed E-state index contributed by atoms with van der Waals surface area (Å²) in [6.45, 7) is 2.43. The van der Waals surface area contributed by atoms with E-state index in [-0.39, 0.29) is 0 Å². The summed E-state index contributed by atoms with van der Waals surface area (Å²) in [6, 6.07) is 15.1. The number of benzene rings is 2. The number of aromatic nitrogens is 1. The predicted octanol–water partition coefficient (Wildman–Crippen LogP) is 3.48. The van der Waals surface area contributed by atoms with Crippen LogP contribution >= 0.6 is 0 Å². The van der Waals surface area contributed by atoms with Crippen LogP contribution in [0.2, 0.25) is 0 Å². The van der Waals surface area contributed by atoms with Gasteiger partial charge in [0.25, 0.3) is 0 Å². The maximum absolute atomic E-state index is 12.3. The van der Waals surface area contributed by atoms with Crippen molar-refractivity contribution in [1.29, 1.82) is 0 Å². The van der Waals surface area contributed by atoms with Gasteiger partial charge in [0.05, 0.1) is 5.52 Å². The van der Waals surface area contributed by atoms with Crippen LogP contribution in [0.25, 0.3) is 11.1 Å². The monoisotopic (exact) mass is 324 g/mol. The average molecular weight is 324 g/mol. The second-order valence-electron chi connectivity index (χ2n) is 5.85. The van der Waals surface area contributed by atoms with Crippen molar-refractivity contribution in [2.75, 3.05) is 6.54 Å². The Morgan fingerprint density at radius 2 is 1.92 bits per heavy atom. The first-order chi connectivity index (χ1) is 11.6. The molecule has 0 saturated carbocycles. The lowest BCUT2D eigenvalue weighted by molar-refractivity contribution is 0.241. The molecular formula is C19H20N2O3. The largest absolute Gasteiger partial charge is 0.428 e. The molecule has 0 spiro atoms. The number of aryl methyl sites for hydroxylation is 2. The summed E-state index contributed by atoms with van der Waals surface area (Å²) in [5, 5.41) is 2.78. The molecule has 5 heteroatoms. The molecule has 3 rings (SSSR count). The summed E-state index contributed by atoms with van der Waals surface area (Å²) in [7, 11) is 0. The van der Waals surface area contributed by atoms with Crippen molar-refractivity contribution in [3.05, 3.63) is 70.2 Å². The highest BCUT2D eigenvalue weighted by Crippen LogP contribution is 2.14. The fraction of sp³-hybridized carbons (Fsp3) is 0.263. The van der Waals surface area contributed by atoms with Gasteiger partial charge in [-0.15, -0.1) is 0 Å². The van der Waals surface area contributed by atoms with Gasteiger partial charge in [-0.2, -0.15) is 4.57 Å². The zero-order chi connectivity index (χ0) is 16.9. The molecule has 0 radical (unpaired) electrons. The van der Waals surface area contributed by atoms with Gasteiger partial charge in [0, 0.05) is 6.54 Å². The number of fused-ring (bicyclic) bond motifs is 1. The van der Waals surface area contributed by atoms with E-state index in [1.54, 1.807) is 12.1 Å². The van der Waals surface area contributed by atoms with E-state index >= 15 is 0 Å². The van der Waals surface area contributed by atoms with Crippen LogP contribution in [0, 0.1) is 6.92 Å². The molecule has 0 bridgehead atoms. The molecule has 0 aliphatic heterocycles. The zero-order valence-electron chi connectivity index (χ0n) is 13.6. The van der Waals surface area contributed by atoms with Gasteiger partial charge in [-0.25, -0.2) is 9.59 Å². The second-order valence-corrected chi connectivity index (χ2v) is 5.85. The summed E-state index contributed by atoms with van der Waals surface area (Å²) in [4.78, 5) is 24.2.